The molecule has 6 heteroatoms. The zero-order valence-corrected chi connectivity index (χ0v) is 14.7. The minimum Gasteiger partial charge on any atom is -0.477 e. The molecule has 1 saturated carbocycles. The van der Waals surface area contributed by atoms with E-state index in [4.69, 9.17) is 9.84 Å². The van der Waals surface area contributed by atoms with Crippen molar-refractivity contribution in [2.45, 2.75) is 57.7 Å². The predicted octanol–water partition coefficient (Wildman–Crippen LogP) is 2.98. The summed E-state index contributed by atoms with van der Waals surface area (Å²) in [6.07, 6.45) is 8.51. The summed E-state index contributed by atoms with van der Waals surface area (Å²) in [6, 6.07) is 2.90. The highest BCUT2D eigenvalue weighted by molar-refractivity contribution is 5.95. The summed E-state index contributed by atoms with van der Waals surface area (Å²) < 4.78 is 6.24. The fourth-order valence-corrected chi connectivity index (χ4v) is 3.66. The number of amides is 1. The zero-order valence-electron chi connectivity index (χ0n) is 14.7. The normalized spacial score (nSPS) is 24.9. The van der Waals surface area contributed by atoms with Crippen molar-refractivity contribution in [3.05, 3.63) is 29.6 Å². The van der Waals surface area contributed by atoms with Crippen molar-refractivity contribution < 1.29 is 19.4 Å². The summed E-state index contributed by atoms with van der Waals surface area (Å²) in [5, 5.41) is 8.87. The molecule has 0 aromatic carbocycles. The Hall–Kier alpha value is -1.95. The van der Waals surface area contributed by atoms with Crippen molar-refractivity contribution in [1.82, 2.24) is 9.88 Å². The molecule has 2 heterocycles. The molecule has 0 bridgehead atoms. The molecule has 25 heavy (non-hydrogen) atoms. The number of carbonyl (C=O) groups is 2. The van der Waals surface area contributed by atoms with Crippen LogP contribution in [0, 0.1) is 5.92 Å². The average Bonchev–Trinajstić information content (AvgIpc) is 2.64. The number of ether oxygens (including phenoxy) is 1. The highest BCUT2D eigenvalue weighted by Crippen LogP contribution is 2.28. The molecule has 0 spiro atoms. The summed E-state index contributed by atoms with van der Waals surface area (Å²) in [5.41, 5.74) is 0.385. The summed E-state index contributed by atoms with van der Waals surface area (Å²) >= 11 is 0. The summed E-state index contributed by atoms with van der Waals surface area (Å²) in [5.74, 6) is -0.358. The molecule has 1 N–H and O–H groups in total. The van der Waals surface area contributed by atoms with E-state index in [0.717, 1.165) is 31.6 Å². The van der Waals surface area contributed by atoms with Crippen LogP contribution in [0.4, 0.5) is 0 Å². The Morgan fingerprint density at radius 3 is 2.28 bits per heavy atom. The van der Waals surface area contributed by atoms with Gasteiger partial charge < -0.3 is 14.7 Å². The number of carboxylic acids is 1. The van der Waals surface area contributed by atoms with Gasteiger partial charge in [0.15, 0.2) is 0 Å². The fraction of sp³-hybridized carbons (Fsp3) is 0.632. The first kappa shape index (κ1) is 17.9. The number of rotatable bonds is 4. The van der Waals surface area contributed by atoms with Crippen molar-refractivity contribution in [1.29, 1.82) is 0 Å². The van der Waals surface area contributed by atoms with Gasteiger partial charge in [-0.25, -0.2) is 9.78 Å². The lowest BCUT2D eigenvalue weighted by Gasteiger charge is -2.35. The third kappa shape index (κ3) is 4.57. The Bertz CT molecular complexity index is 600. The summed E-state index contributed by atoms with van der Waals surface area (Å²) in [7, 11) is 0. The Balaban J connectivity index is 1.48. The van der Waals surface area contributed by atoms with E-state index in [1.54, 1.807) is 4.90 Å². The number of pyridine rings is 1. The van der Waals surface area contributed by atoms with Gasteiger partial charge in [0.25, 0.3) is 5.91 Å². The smallest absolute Gasteiger partial charge is 0.354 e. The Morgan fingerprint density at radius 2 is 1.72 bits per heavy atom. The monoisotopic (exact) mass is 346 g/mol. The van der Waals surface area contributed by atoms with Crippen molar-refractivity contribution in [3.8, 4) is 0 Å². The van der Waals surface area contributed by atoms with Gasteiger partial charge in [0.1, 0.15) is 5.69 Å². The number of carboxylic acid groups (broad SMARTS) is 1. The molecular weight excluding hydrogens is 320 g/mol. The van der Waals surface area contributed by atoms with Crippen LogP contribution in [0.5, 0.6) is 0 Å². The second-order valence-electron chi connectivity index (χ2n) is 7.25. The fourth-order valence-electron chi connectivity index (χ4n) is 3.66. The highest BCUT2D eigenvalue weighted by atomic mass is 16.5. The Morgan fingerprint density at radius 1 is 1.08 bits per heavy atom. The number of aromatic nitrogens is 1. The topological polar surface area (TPSA) is 79.7 Å². The number of carbonyl (C=O) groups excluding carboxylic acids is 1. The molecule has 2 fully saturated rings. The van der Waals surface area contributed by atoms with Gasteiger partial charge in [0, 0.05) is 19.3 Å². The van der Waals surface area contributed by atoms with E-state index in [2.05, 4.69) is 11.9 Å². The van der Waals surface area contributed by atoms with Gasteiger partial charge in [-0.2, -0.15) is 0 Å². The number of piperidine rings is 1. The maximum atomic E-state index is 12.5. The Kier molecular flexibility index (Phi) is 5.68. The molecule has 0 atom stereocenters. The molecule has 1 amide bonds. The third-order valence-corrected chi connectivity index (χ3v) is 5.31. The van der Waals surface area contributed by atoms with Crippen LogP contribution in [0.25, 0.3) is 0 Å². The number of hydrogen-bond acceptors (Lipinski definition) is 4. The van der Waals surface area contributed by atoms with Gasteiger partial charge in [0.05, 0.1) is 17.8 Å². The van der Waals surface area contributed by atoms with Crippen molar-refractivity contribution in [2.24, 2.45) is 5.92 Å². The molecule has 0 unspecified atom stereocenters. The molecule has 1 saturated heterocycles. The SMILES string of the molecule is CC1CCC(OC2CCN(C(=O)c3ccc(C(=O)O)nc3)CC2)CC1. The quantitative estimate of drug-likeness (QED) is 0.906. The average molecular weight is 346 g/mol. The van der Waals surface area contributed by atoms with Crippen LogP contribution in [-0.2, 0) is 4.74 Å². The van der Waals surface area contributed by atoms with E-state index in [0.29, 0.717) is 24.8 Å². The van der Waals surface area contributed by atoms with Crippen LogP contribution < -0.4 is 0 Å². The molecule has 3 rings (SSSR count). The molecule has 1 aliphatic carbocycles. The summed E-state index contributed by atoms with van der Waals surface area (Å²) in [4.78, 5) is 29.0. The first-order valence-electron chi connectivity index (χ1n) is 9.17. The molecule has 136 valence electrons. The van der Waals surface area contributed by atoms with Crippen LogP contribution in [-0.4, -0.2) is 52.2 Å². The molecule has 1 aliphatic heterocycles. The minimum absolute atomic E-state index is 0.0505. The highest BCUT2D eigenvalue weighted by Gasteiger charge is 2.27. The number of hydrogen-bond donors (Lipinski definition) is 1. The molecule has 1 aromatic heterocycles. The lowest BCUT2D eigenvalue weighted by Crippen LogP contribution is -2.42. The standard InChI is InChI=1S/C19H26N2O4/c1-13-2-5-15(6-3-13)25-16-8-10-21(11-9-16)18(22)14-4-7-17(19(23)24)20-12-14/h4,7,12-13,15-16H,2-3,5-6,8-11H2,1H3,(H,23,24). The summed E-state index contributed by atoms with van der Waals surface area (Å²) in [6.45, 7) is 3.65. The van der Waals surface area contributed by atoms with E-state index in [9.17, 15) is 9.59 Å². The minimum atomic E-state index is -1.09. The maximum Gasteiger partial charge on any atom is 0.354 e. The lowest BCUT2D eigenvalue weighted by molar-refractivity contribution is -0.0570. The number of aromatic carboxylic acids is 1. The van der Waals surface area contributed by atoms with Gasteiger partial charge in [-0.1, -0.05) is 6.92 Å². The first-order valence-corrected chi connectivity index (χ1v) is 9.17. The van der Waals surface area contributed by atoms with Gasteiger partial charge in [-0.05, 0) is 56.6 Å². The van der Waals surface area contributed by atoms with Crippen molar-refractivity contribution >= 4 is 11.9 Å². The largest absolute Gasteiger partial charge is 0.477 e. The number of likely N-dealkylation sites (tertiary alicyclic amines) is 1. The predicted molar refractivity (Wildman–Crippen MR) is 92.6 cm³/mol. The van der Waals surface area contributed by atoms with Crippen LogP contribution >= 0.6 is 0 Å². The second-order valence-corrected chi connectivity index (χ2v) is 7.25. The van der Waals surface area contributed by atoms with Gasteiger partial charge in [-0.3, -0.25) is 4.79 Å². The van der Waals surface area contributed by atoms with Crippen LogP contribution in [0.1, 0.15) is 66.3 Å². The van der Waals surface area contributed by atoms with Gasteiger partial charge >= 0.3 is 5.97 Å². The van der Waals surface area contributed by atoms with E-state index >= 15 is 0 Å². The molecular formula is C19H26N2O4. The van der Waals surface area contributed by atoms with Crippen LogP contribution in [0.15, 0.2) is 18.3 Å². The second kappa shape index (κ2) is 7.95. The van der Waals surface area contributed by atoms with Gasteiger partial charge in [-0.15, -0.1) is 0 Å². The van der Waals surface area contributed by atoms with E-state index < -0.39 is 5.97 Å². The molecule has 0 radical (unpaired) electrons. The molecule has 2 aliphatic rings. The first-order chi connectivity index (χ1) is 12.0. The Labute approximate surface area is 148 Å². The van der Waals surface area contributed by atoms with E-state index in [1.807, 2.05) is 0 Å². The molecule has 6 nitrogen and oxygen atoms in total. The van der Waals surface area contributed by atoms with E-state index in [1.165, 1.54) is 31.2 Å². The molecule has 1 aromatic rings. The lowest BCUT2D eigenvalue weighted by atomic mass is 9.88. The van der Waals surface area contributed by atoms with Gasteiger partial charge in [0.2, 0.25) is 0 Å². The van der Waals surface area contributed by atoms with Crippen molar-refractivity contribution in [2.75, 3.05) is 13.1 Å². The van der Waals surface area contributed by atoms with Crippen molar-refractivity contribution in [3.63, 3.8) is 0 Å². The third-order valence-electron chi connectivity index (χ3n) is 5.31. The maximum absolute atomic E-state index is 12.5. The number of nitrogens with zero attached hydrogens (tertiary/aromatic N) is 2. The van der Waals surface area contributed by atoms with E-state index in [-0.39, 0.29) is 17.7 Å². The van der Waals surface area contributed by atoms with Crippen LogP contribution in [0.2, 0.25) is 0 Å². The zero-order chi connectivity index (χ0) is 17.8. The van der Waals surface area contributed by atoms with Crippen LogP contribution in [0.3, 0.4) is 0 Å².